The van der Waals surface area contributed by atoms with Crippen LogP contribution in [0.15, 0.2) is 18.2 Å². The van der Waals surface area contributed by atoms with Crippen molar-refractivity contribution in [2.45, 2.75) is 45.2 Å². The fourth-order valence-corrected chi connectivity index (χ4v) is 3.40. The maximum absolute atomic E-state index is 6.06. The van der Waals surface area contributed by atoms with E-state index in [1.165, 1.54) is 56.4 Å². The van der Waals surface area contributed by atoms with Crippen molar-refractivity contribution in [1.29, 1.82) is 0 Å². The summed E-state index contributed by atoms with van der Waals surface area (Å²) >= 11 is 6.06. The van der Waals surface area contributed by atoms with Crippen LogP contribution in [0.2, 0.25) is 5.02 Å². The molecule has 0 amide bonds. The Balaban J connectivity index is 1.64. The highest BCUT2D eigenvalue weighted by Gasteiger charge is 2.26. The zero-order valence-corrected chi connectivity index (χ0v) is 13.1. The van der Waals surface area contributed by atoms with Gasteiger partial charge < -0.3 is 5.32 Å². The molecular formula is C17H25ClN2. The third-order valence-corrected chi connectivity index (χ3v) is 4.79. The normalized spacial score (nSPS) is 22.6. The van der Waals surface area contributed by atoms with Crippen molar-refractivity contribution in [1.82, 2.24) is 10.2 Å². The number of halogens is 1. The third-order valence-electron chi connectivity index (χ3n) is 4.55. The van der Waals surface area contributed by atoms with Crippen LogP contribution < -0.4 is 5.32 Å². The molecule has 2 aliphatic rings. The van der Waals surface area contributed by atoms with Gasteiger partial charge in [0.15, 0.2) is 0 Å². The standard InChI is InChI=1S/C17H25ClN2/c1-13-9-16(18)7-6-15(13)11-20(10-14-4-5-14)12-17-3-2-8-19-17/h6-7,9,14,17,19H,2-5,8,10-12H2,1H3. The lowest BCUT2D eigenvalue weighted by Gasteiger charge is -2.26. The molecule has 1 saturated carbocycles. The highest BCUT2D eigenvalue weighted by molar-refractivity contribution is 6.30. The Morgan fingerprint density at radius 2 is 2.10 bits per heavy atom. The topological polar surface area (TPSA) is 15.3 Å². The van der Waals surface area contributed by atoms with Crippen LogP contribution in [0.5, 0.6) is 0 Å². The molecule has 110 valence electrons. The molecule has 0 radical (unpaired) electrons. The SMILES string of the molecule is Cc1cc(Cl)ccc1CN(CC1CC1)CC1CCCN1. The van der Waals surface area contributed by atoms with Crippen molar-refractivity contribution in [3.63, 3.8) is 0 Å². The summed E-state index contributed by atoms with van der Waals surface area (Å²) < 4.78 is 0. The molecule has 1 aliphatic heterocycles. The van der Waals surface area contributed by atoms with Crippen molar-refractivity contribution in [3.8, 4) is 0 Å². The fourth-order valence-electron chi connectivity index (χ4n) is 3.17. The Morgan fingerprint density at radius 3 is 2.75 bits per heavy atom. The van der Waals surface area contributed by atoms with Gasteiger partial charge in [-0.15, -0.1) is 0 Å². The van der Waals surface area contributed by atoms with Gasteiger partial charge in [0.2, 0.25) is 0 Å². The van der Waals surface area contributed by atoms with Crippen LogP contribution in [0.1, 0.15) is 36.8 Å². The minimum absolute atomic E-state index is 0.696. The average molecular weight is 293 g/mol. The van der Waals surface area contributed by atoms with Crippen molar-refractivity contribution < 1.29 is 0 Å². The van der Waals surface area contributed by atoms with Gasteiger partial charge in [0.1, 0.15) is 0 Å². The highest BCUT2D eigenvalue weighted by atomic mass is 35.5. The summed E-state index contributed by atoms with van der Waals surface area (Å²) in [4.78, 5) is 2.65. The van der Waals surface area contributed by atoms with Crippen molar-refractivity contribution in [3.05, 3.63) is 34.3 Å². The van der Waals surface area contributed by atoms with E-state index in [2.05, 4.69) is 29.3 Å². The molecule has 1 aromatic rings. The molecule has 1 aromatic carbocycles. The molecule has 20 heavy (non-hydrogen) atoms. The molecule has 1 heterocycles. The van der Waals surface area contributed by atoms with E-state index in [9.17, 15) is 0 Å². The van der Waals surface area contributed by atoms with Crippen LogP contribution in [0.25, 0.3) is 0 Å². The van der Waals surface area contributed by atoms with E-state index in [1.807, 2.05) is 6.07 Å². The van der Waals surface area contributed by atoms with E-state index in [0.29, 0.717) is 6.04 Å². The molecule has 0 bridgehead atoms. The highest BCUT2D eigenvalue weighted by Crippen LogP contribution is 2.30. The first kappa shape index (κ1) is 14.4. The first-order chi connectivity index (χ1) is 9.70. The molecule has 1 unspecified atom stereocenters. The molecule has 3 rings (SSSR count). The summed E-state index contributed by atoms with van der Waals surface area (Å²) in [5.41, 5.74) is 2.74. The van der Waals surface area contributed by atoms with E-state index in [-0.39, 0.29) is 0 Å². The molecule has 1 N–H and O–H groups in total. The lowest BCUT2D eigenvalue weighted by molar-refractivity contribution is 0.231. The Morgan fingerprint density at radius 1 is 1.25 bits per heavy atom. The van der Waals surface area contributed by atoms with E-state index < -0.39 is 0 Å². The lowest BCUT2D eigenvalue weighted by Crippen LogP contribution is -2.38. The number of nitrogens with one attached hydrogen (secondary N) is 1. The predicted octanol–water partition coefficient (Wildman–Crippen LogP) is 3.61. The maximum Gasteiger partial charge on any atom is 0.0408 e. The van der Waals surface area contributed by atoms with Gasteiger partial charge in [0.25, 0.3) is 0 Å². The van der Waals surface area contributed by atoms with Crippen LogP contribution in [0.3, 0.4) is 0 Å². The summed E-state index contributed by atoms with van der Waals surface area (Å²) in [5.74, 6) is 0.948. The minimum atomic E-state index is 0.696. The van der Waals surface area contributed by atoms with Crippen LogP contribution in [0.4, 0.5) is 0 Å². The molecular weight excluding hydrogens is 268 g/mol. The quantitative estimate of drug-likeness (QED) is 0.862. The number of aryl methyl sites for hydroxylation is 1. The zero-order valence-electron chi connectivity index (χ0n) is 12.4. The van der Waals surface area contributed by atoms with Gasteiger partial charge in [-0.1, -0.05) is 17.7 Å². The van der Waals surface area contributed by atoms with Gasteiger partial charge in [-0.3, -0.25) is 4.90 Å². The number of nitrogens with zero attached hydrogens (tertiary/aromatic N) is 1. The maximum atomic E-state index is 6.06. The number of benzene rings is 1. The van der Waals surface area contributed by atoms with Gasteiger partial charge in [-0.2, -0.15) is 0 Å². The van der Waals surface area contributed by atoms with Crippen LogP contribution in [-0.4, -0.2) is 30.6 Å². The second-order valence-electron chi connectivity index (χ2n) is 6.50. The van der Waals surface area contributed by atoms with E-state index in [1.54, 1.807) is 0 Å². The number of hydrogen-bond acceptors (Lipinski definition) is 2. The Labute approximate surface area is 127 Å². The molecule has 0 spiro atoms. The van der Waals surface area contributed by atoms with Crippen molar-refractivity contribution in [2.75, 3.05) is 19.6 Å². The molecule has 1 aliphatic carbocycles. The second-order valence-corrected chi connectivity index (χ2v) is 6.94. The number of rotatable bonds is 6. The summed E-state index contributed by atoms with van der Waals surface area (Å²) in [7, 11) is 0. The smallest absolute Gasteiger partial charge is 0.0408 e. The summed E-state index contributed by atoms with van der Waals surface area (Å²) in [5, 5.41) is 4.47. The summed E-state index contributed by atoms with van der Waals surface area (Å²) in [6, 6.07) is 6.99. The average Bonchev–Trinajstić information content (AvgIpc) is 3.07. The Hall–Kier alpha value is -0.570. The van der Waals surface area contributed by atoms with Crippen LogP contribution in [-0.2, 0) is 6.54 Å². The predicted molar refractivity (Wildman–Crippen MR) is 85.2 cm³/mol. The summed E-state index contributed by atoms with van der Waals surface area (Å²) in [6.07, 6.45) is 5.52. The van der Waals surface area contributed by atoms with Gasteiger partial charge in [-0.25, -0.2) is 0 Å². The second kappa shape index (κ2) is 6.46. The number of hydrogen-bond donors (Lipinski definition) is 1. The fraction of sp³-hybridized carbons (Fsp3) is 0.647. The van der Waals surface area contributed by atoms with E-state index in [4.69, 9.17) is 11.6 Å². The van der Waals surface area contributed by atoms with Crippen molar-refractivity contribution >= 4 is 11.6 Å². The van der Waals surface area contributed by atoms with Crippen LogP contribution in [0, 0.1) is 12.8 Å². The first-order valence-electron chi connectivity index (χ1n) is 7.91. The van der Waals surface area contributed by atoms with Gasteiger partial charge in [0.05, 0.1) is 0 Å². The molecule has 3 heteroatoms. The van der Waals surface area contributed by atoms with Crippen LogP contribution >= 0.6 is 11.6 Å². The van der Waals surface area contributed by atoms with Gasteiger partial charge >= 0.3 is 0 Å². The molecule has 2 fully saturated rings. The lowest BCUT2D eigenvalue weighted by atomic mass is 10.1. The monoisotopic (exact) mass is 292 g/mol. The largest absolute Gasteiger partial charge is 0.313 e. The Kier molecular flexibility index (Phi) is 4.65. The van der Waals surface area contributed by atoms with Gasteiger partial charge in [0, 0.05) is 30.7 Å². The molecule has 0 aromatic heterocycles. The zero-order chi connectivity index (χ0) is 13.9. The summed E-state index contributed by atoms with van der Waals surface area (Å²) in [6.45, 7) is 6.89. The van der Waals surface area contributed by atoms with E-state index in [0.717, 1.165) is 17.5 Å². The molecule has 1 atom stereocenters. The first-order valence-corrected chi connectivity index (χ1v) is 8.29. The third kappa shape index (κ3) is 3.97. The minimum Gasteiger partial charge on any atom is -0.313 e. The van der Waals surface area contributed by atoms with E-state index >= 15 is 0 Å². The van der Waals surface area contributed by atoms with Gasteiger partial charge in [-0.05, 0) is 68.3 Å². The molecule has 2 nitrogen and oxygen atoms in total. The van der Waals surface area contributed by atoms with Crippen molar-refractivity contribution in [2.24, 2.45) is 5.92 Å². The Bertz CT molecular complexity index is 450. The molecule has 1 saturated heterocycles.